The summed E-state index contributed by atoms with van der Waals surface area (Å²) < 4.78 is 0. The second-order valence-corrected chi connectivity index (χ2v) is 6.22. The van der Waals surface area contributed by atoms with Crippen molar-refractivity contribution in [1.29, 1.82) is 0 Å². The van der Waals surface area contributed by atoms with Crippen molar-refractivity contribution in [3.63, 3.8) is 0 Å². The zero-order chi connectivity index (χ0) is 14.5. The molecule has 1 amide bonds. The van der Waals surface area contributed by atoms with Gasteiger partial charge in [-0.3, -0.25) is 4.79 Å². The van der Waals surface area contributed by atoms with Gasteiger partial charge in [-0.25, -0.2) is 9.78 Å². The summed E-state index contributed by atoms with van der Waals surface area (Å²) >= 11 is 2.86. The molecule has 0 saturated carbocycles. The van der Waals surface area contributed by atoms with E-state index in [0.29, 0.717) is 12.1 Å². The van der Waals surface area contributed by atoms with Crippen molar-refractivity contribution < 1.29 is 14.7 Å². The smallest absolute Gasteiger partial charge is 0.328 e. The Morgan fingerprint density at radius 3 is 2.95 bits per heavy atom. The van der Waals surface area contributed by atoms with Gasteiger partial charge in [-0.2, -0.15) is 0 Å². The Labute approximate surface area is 123 Å². The maximum atomic E-state index is 11.9. The molecule has 2 aromatic heterocycles. The molecule has 7 heteroatoms. The summed E-state index contributed by atoms with van der Waals surface area (Å²) in [7, 11) is 0. The fourth-order valence-electron chi connectivity index (χ4n) is 1.45. The number of carboxylic acid groups (broad SMARTS) is 1. The van der Waals surface area contributed by atoms with Gasteiger partial charge in [0.1, 0.15) is 5.01 Å². The van der Waals surface area contributed by atoms with Crippen molar-refractivity contribution in [2.45, 2.75) is 13.5 Å². The first-order chi connectivity index (χ1) is 9.54. The third kappa shape index (κ3) is 4.01. The number of thiophene rings is 1. The molecular formula is C13H12N2O3S2. The normalized spacial score (nSPS) is 10.8. The number of carbonyl (C=O) groups is 2. The Morgan fingerprint density at radius 2 is 2.30 bits per heavy atom. The third-order valence-corrected chi connectivity index (χ3v) is 4.15. The van der Waals surface area contributed by atoms with Crippen LogP contribution in [0.15, 0.2) is 23.7 Å². The fraction of sp³-hybridized carbons (Fsp3) is 0.154. The molecule has 0 aliphatic heterocycles. The lowest BCUT2D eigenvalue weighted by molar-refractivity contribution is -0.131. The number of aliphatic carboxylic acids is 1. The summed E-state index contributed by atoms with van der Waals surface area (Å²) in [6.45, 7) is 2.36. The van der Waals surface area contributed by atoms with E-state index < -0.39 is 5.97 Å². The van der Waals surface area contributed by atoms with Crippen LogP contribution in [-0.4, -0.2) is 22.0 Å². The Bertz CT molecular complexity index is 658. The van der Waals surface area contributed by atoms with E-state index in [4.69, 9.17) is 5.11 Å². The number of nitrogens with one attached hydrogen (secondary N) is 1. The number of hydrogen-bond donors (Lipinski definition) is 2. The predicted molar refractivity (Wildman–Crippen MR) is 79.0 cm³/mol. The number of nitrogens with zero attached hydrogens (tertiary/aromatic N) is 1. The van der Waals surface area contributed by atoms with E-state index in [1.54, 1.807) is 29.0 Å². The zero-order valence-electron chi connectivity index (χ0n) is 10.6. The highest BCUT2D eigenvalue weighted by Gasteiger charge is 2.08. The van der Waals surface area contributed by atoms with Crippen molar-refractivity contribution in [3.05, 3.63) is 44.0 Å². The zero-order valence-corrected chi connectivity index (χ0v) is 12.3. The molecule has 0 fully saturated rings. The monoisotopic (exact) mass is 308 g/mol. The van der Waals surface area contributed by atoms with Gasteiger partial charge in [-0.1, -0.05) is 0 Å². The molecule has 2 heterocycles. The lowest BCUT2D eigenvalue weighted by atomic mass is 10.3. The minimum atomic E-state index is -1.01. The van der Waals surface area contributed by atoms with Gasteiger partial charge in [-0.15, -0.1) is 22.7 Å². The number of rotatable bonds is 5. The van der Waals surface area contributed by atoms with Crippen molar-refractivity contribution in [2.24, 2.45) is 0 Å². The average Bonchev–Trinajstić information content (AvgIpc) is 3.02. The number of thiazole rings is 1. The molecule has 0 bridgehead atoms. The van der Waals surface area contributed by atoms with Gasteiger partial charge in [-0.05, 0) is 19.1 Å². The summed E-state index contributed by atoms with van der Waals surface area (Å²) in [5.74, 6) is -1.20. The molecule has 0 atom stereocenters. The van der Waals surface area contributed by atoms with Gasteiger partial charge < -0.3 is 10.4 Å². The first kappa shape index (κ1) is 14.4. The molecule has 2 rings (SSSR count). The van der Waals surface area contributed by atoms with E-state index >= 15 is 0 Å². The van der Waals surface area contributed by atoms with E-state index in [9.17, 15) is 9.59 Å². The van der Waals surface area contributed by atoms with E-state index in [1.807, 2.05) is 6.92 Å². The maximum Gasteiger partial charge on any atom is 0.328 e. The van der Waals surface area contributed by atoms with Crippen LogP contribution in [0.5, 0.6) is 0 Å². The molecule has 0 aliphatic carbocycles. The highest BCUT2D eigenvalue weighted by molar-refractivity contribution is 7.11. The van der Waals surface area contributed by atoms with Gasteiger partial charge in [0.2, 0.25) is 0 Å². The molecule has 20 heavy (non-hydrogen) atoms. The van der Waals surface area contributed by atoms with E-state index in [2.05, 4.69) is 10.3 Å². The fourth-order valence-corrected chi connectivity index (χ4v) is 2.96. The summed E-state index contributed by atoms with van der Waals surface area (Å²) in [6.07, 6.45) is 4.28. The van der Waals surface area contributed by atoms with Gasteiger partial charge in [0.05, 0.1) is 12.1 Å². The number of aromatic nitrogens is 1. The first-order valence-corrected chi connectivity index (χ1v) is 7.43. The quantitative estimate of drug-likeness (QED) is 0.832. The Morgan fingerprint density at radius 1 is 1.50 bits per heavy atom. The lowest BCUT2D eigenvalue weighted by Crippen LogP contribution is -2.22. The van der Waals surface area contributed by atoms with Crippen LogP contribution in [0.4, 0.5) is 0 Å². The lowest BCUT2D eigenvalue weighted by Gasteiger charge is -1.99. The van der Waals surface area contributed by atoms with Crippen molar-refractivity contribution in [2.75, 3.05) is 0 Å². The highest BCUT2D eigenvalue weighted by atomic mass is 32.1. The molecule has 104 valence electrons. The van der Waals surface area contributed by atoms with Crippen LogP contribution in [0.25, 0.3) is 6.08 Å². The highest BCUT2D eigenvalue weighted by Crippen LogP contribution is 2.17. The molecule has 0 radical (unpaired) electrons. The molecular weight excluding hydrogens is 296 g/mol. The van der Waals surface area contributed by atoms with Crippen LogP contribution >= 0.6 is 22.7 Å². The van der Waals surface area contributed by atoms with E-state index in [1.165, 1.54) is 17.4 Å². The Hall–Kier alpha value is -1.99. The standard InChI is InChI=1S/C13H12N2O3S2/c1-8-5-14-11(20-8)6-15-13(18)9-4-10(19-7-9)2-3-12(16)17/h2-5,7H,6H2,1H3,(H,15,18)(H,16,17)/b3-2+. The molecule has 0 spiro atoms. The van der Waals surface area contributed by atoms with Crippen LogP contribution in [0.1, 0.15) is 25.1 Å². The molecule has 0 aromatic carbocycles. The Kier molecular flexibility index (Phi) is 4.65. The second-order valence-electron chi connectivity index (χ2n) is 3.96. The minimum absolute atomic E-state index is 0.191. The molecule has 0 unspecified atom stereocenters. The van der Waals surface area contributed by atoms with Crippen LogP contribution in [-0.2, 0) is 11.3 Å². The van der Waals surface area contributed by atoms with Crippen molar-refractivity contribution >= 4 is 40.6 Å². The largest absolute Gasteiger partial charge is 0.478 e. The van der Waals surface area contributed by atoms with Crippen molar-refractivity contribution in [3.8, 4) is 0 Å². The number of aryl methyl sites for hydroxylation is 1. The first-order valence-electron chi connectivity index (χ1n) is 5.73. The number of hydrogen-bond acceptors (Lipinski definition) is 5. The summed E-state index contributed by atoms with van der Waals surface area (Å²) in [6, 6.07) is 1.66. The molecule has 0 saturated heterocycles. The summed E-state index contributed by atoms with van der Waals surface area (Å²) in [5.41, 5.74) is 0.522. The number of amides is 1. The van der Waals surface area contributed by atoms with Crippen LogP contribution < -0.4 is 5.32 Å². The SMILES string of the molecule is Cc1cnc(CNC(=O)c2csc(/C=C/C(=O)O)c2)s1. The van der Waals surface area contributed by atoms with Gasteiger partial charge in [0.15, 0.2) is 0 Å². The average molecular weight is 308 g/mol. The molecule has 0 aliphatic rings. The predicted octanol–water partition coefficient (Wildman–Crippen LogP) is 2.54. The van der Waals surface area contributed by atoms with Gasteiger partial charge in [0.25, 0.3) is 5.91 Å². The molecule has 2 N–H and O–H groups in total. The number of carbonyl (C=O) groups excluding carboxylic acids is 1. The van der Waals surface area contributed by atoms with E-state index in [-0.39, 0.29) is 5.91 Å². The Balaban J connectivity index is 1.94. The molecule has 2 aromatic rings. The van der Waals surface area contributed by atoms with Crippen LogP contribution in [0.2, 0.25) is 0 Å². The van der Waals surface area contributed by atoms with Gasteiger partial charge >= 0.3 is 5.97 Å². The maximum absolute atomic E-state index is 11.9. The number of carboxylic acids is 1. The summed E-state index contributed by atoms with van der Waals surface area (Å²) in [4.78, 5) is 28.3. The van der Waals surface area contributed by atoms with Crippen molar-refractivity contribution in [1.82, 2.24) is 10.3 Å². The van der Waals surface area contributed by atoms with E-state index in [0.717, 1.165) is 20.8 Å². The van der Waals surface area contributed by atoms with Gasteiger partial charge in [0, 0.05) is 27.4 Å². The topological polar surface area (TPSA) is 79.3 Å². The third-order valence-electron chi connectivity index (χ3n) is 2.34. The molecule has 5 nitrogen and oxygen atoms in total. The van der Waals surface area contributed by atoms with Crippen LogP contribution in [0, 0.1) is 6.92 Å². The minimum Gasteiger partial charge on any atom is -0.478 e. The second kappa shape index (κ2) is 6.44. The van der Waals surface area contributed by atoms with Crippen LogP contribution in [0.3, 0.4) is 0 Å². The summed E-state index contributed by atoms with van der Waals surface area (Å²) in [5, 5.41) is 13.9.